The van der Waals surface area contributed by atoms with E-state index in [1.807, 2.05) is 0 Å². The largest absolute Gasteiger partial charge is 0.309 e. The Labute approximate surface area is 346 Å². The predicted octanol–water partition coefficient (Wildman–Crippen LogP) is 14.5. The van der Waals surface area contributed by atoms with Gasteiger partial charge in [-0.2, -0.15) is 0 Å². The lowest BCUT2D eigenvalue weighted by Crippen LogP contribution is -2.03. The average Bonchev–Trinajstić information content (AvgIpc) is 3.84. The molecule has 0 N–H and O–H groups in total. The van der Waals surface area contributed by atoms with E-state index in [1.165, 1.54) is 49.6 Å². The molecule has 0 aliphatic heterocycles. The molecule has 0 atom stereocenters. The van der Waals surface area contributed by atoms with Gasteiger partial charge in [0.15, 0.2) is 0 Å². The maximum absolute atomic E-state index is 5.37. The van der Waals surface area contributed by atoms with Crippen molar-refractivity contribution in [2.24, 2.45) is 0 Å². The highest BCUT2D eigenvalue weighted by molar-refractivity contribution is 6.13. The summed E-state index contributed by atoms with van der Waals surface area (Å²) in [4.78, 5) is 10.6. The van der Waals surface area contributed by atoms with Gasteiger partial charge in [-0.3, -0.25) is 4.57 Å². The second-order valence-corrected chi connectivity index (χ2v) is 15.4. The smallest absolute Gasteiger partial charge is 0.235 e. The minimum Gasteiger partial charge on any atom is -0.309 e. The average molecular weight is 765 g/mol. The number of nitrogens with zero attached hydrogens (tertiary/aromatic N) is 4. The van der Waals surface area contributed by atoms with Gasteiger partial charge in [0.2, 0.25) is 5.95 Å². The Balaban J connectivity index is 1.02. The van der Waals surface area contributed by atoms with Gasteiger partial charge in [0.05, 0.1) is 33.3 Å². The SMILES string of the molecule is c1ccc(-c2ccc(-c3nc(-n4c5ccccc5c5cc(-c6ccc7c(c6)c6cc(-c8ccccc8)ccc6n7-c6ccccc6)ccc54)nc4ccccc34)cc2)cc1. The molecule has 4 nitrogen and oxygen atoms in total. The molecule has 9 aromatic carbocycles. The highest BCUT2D eigenvalue weighted by Gasteiger charge is 2.19. The molecule has 12 rings (SSSR count). The molecular weight excluding hydrogens is 729 g/mol. The molecule has 0 saturated heterocycles. The molecule has 3 heterocycles. The Morgan fingerprint density at radius 3 is 1.32 bits per heavy atom. The van der Waals surface area contributed by atoms with Crippen LogP contribution in [-0.2, 0) is 0 Å². The normalized spacial score (nSPS) is 11.7. The summed E-state index contributed by atoms with van der Waals surface area (Å²) < 4.78 is 4.61. The van der Waals surface area contributed by atoms with E-state index in [0.717, 1.165) is 55.2 Å². The number of fused-ring (bicyclic) bond motifs is 7. The molecule has 0 fully saturated rings. The van der Waals surface area contributed by atoms with Crippen molar-refractivity contribution in [2.45, 2.75) is 0 Å². The van der Waals surface area contributed by atoms with Crippen LogP contribution in [0.5, 0.6) is 0 Å². The van der Waals surface area contributed by atoms with E-state index in [-0.39, 0.29) is 0 Å². The van der Waals surface area contributed by atoms with E-state index in [1.54, 1.807) is 0 Å². The topological polar surface area (TPSA) is 35.6 Å². The van der Waals surface area contributed by atoms with Crippen molar-refractivity contribution in [1.82, 2.24) is 19.1 Å². The summed E-state index contributed by atoms with van der Waals surface area (Å²) in [6, 6.07) is 78.0. The number of aromatic nitrogens is 4. The molecule has 3 aromatic heterocycles. The van der Waals surface area contributed by atoms with E-state index < -0.39 is 0 Å². The van der Waals surface area contributed by atoms with Crippen LogP contribution in [0.25, 0.3) is 111 Å². The standard InChI is InChI=1S/C56H36N4/c1-4-14-37(15-5-1)39-24-26-40(27-25-39)55-46-21-10-12-22-50(46)57-56(58-55)60-51-23-13-11-20-45(51)47-35-42(30-33-54(47)60)43-29-32-53-49(36-43)48-34-41(38-16-6-2-7-17-38)28-31-52(48)59(53)44-18-8-3-9-19-44/h1-36H. The molecule has 0 unspecified atom stereocenters. The summed E-state index contributed by atoms with van der Waals surface area (Å²) >= 11 is 0. The first kappa shape index (κ1) is 34.0. The fourth-order valence-corrected chi connectivity index (χ4v) is 9.07. The third-order valence-electron chi connectivity index (χ3n) is 11.9. The van der Waals surface area contributed by atoms with Crippen LogP contribution in [0.15, 0.2) is 218 Å². The molecule has 60 heavy (non-hydrogen) atoms. The van der Waals surface area contributed by atoms with Crippen molar-refractivity contribution in [3.63, 3.8) is 0 Å². The minimum atomic E-state index is 0.652. The van der Waals surface area contributed by atoms with E-state index >= 15 is 0 Å². The van der Waals surface area contributed by atoms with Gasteiger partial charge in [-0.25, -0.2) is 9.97 Å². The summed E-state index contributed by atoms with van der Waals surface area (Å²) in [7, 11) is 0. The number of hydrogen-bond acceptors (Lipinski definition) is 2. The van der Waals surface area contributed by atoms with Crippen LogP contribution >= 0.6 is 0 Å². The molecular formula is C56H36N4. The van der Waals surface area contributed by atoms with Gasteiger partial charge in [0.1, 0.15) is 0 Å². The van der Waals surface area contributed by atoms with Crippen molar-refractivity contribution >= 4 is 54.5 Å². The van der Waals surface area contributed by atoms with Crippen LogP contribution in [0.3, 0.4) is 0 Å². The van der Waals surface area contributed by atoms with Gasteiger partial charge < -0.3 is 4.57 Å². The van der Waals surface area contributed by atoms with Gasteiger partial charge in [-0.1, -0.05) is 158 Å². The molecule has 0 amide bonds. The van der Waals surface area contributed by atoms with E-state index in [2.05, 4.69) is 228 Å². The van der Waals surface area contributed by atoms with Crippen LogP contribution in [0.2, 0.25) is 0 Å². The van der Waals surface area contributed by atoms with Crippen LogP contribution in [0, 0.1) is 0 Å². The molecule has 0 radical (unpaired) electrons. The number of para-hydroxylation sites is 3. The van der Waals surface area contributed by atoms with Gasteiger partial charge in [0, 0.05) is 38.2 Å². The summed E-state index contributed by atoms with van der Waals surface area (Å²) in [6.07, 6.45) is 0. The molecule has 12 aromatic rings. The molecule has 0 aliphatic rings. The van der Waals surface area contributed by atoms with Crippen molar-refractivity contribution in [3.05, 3.63) is 218 Å². The Morgan fingerprint density at radius 2 is 0.683 bits per heavy atom. The van der Waals surface area contributed by atoms with Crippen molar-refractivity contribution in [2.75, 3.05) is 0 Å². The van der Waals surface area contributed by atoms with E-state index in [0.29, 0.717) is 5.95 Å². The van der Waals surface area contributed by atoms with Gasteiger partial charge in [-0.05, 0) is 94.0 Å². The van der Waals surface area contributed by atoms with Gasteiger partial charge in [-0.15, -0.1) is 0 Å². The zero-order valence-electron chi connectivity index (χ0n) is 32.6. The maximum Gasteiger partial charge on any atom is 0.235 e. The number of benzene rings is 9. The second kappa shape index (κ2) is 13.8. The summed E-state index contributed by atoms with van der Waals surface area (Å²) in [6.45, 7) is 0. The zero-order chi connectivity index (χ0) is 39.6. The fourth-order valence-electron chi connectivity index (χ4n) is 9.07. The number of rotatable bonds is 6. The van der Waals surface area contributed by atoms with Crippen LogP contribution in [0.1, 0.15) is 0 Å². The highest BCUT2D eigenvalue weighted by Crippen LogP contribution is 2.40. The first-order chi connectivity index (χ1) is 29.7. The lowest BCUT2D eigenvalue weighted by Gasteiger charge is -2.12. The zero-order valence-corrected chi connectivity index (χ0v) is 32.6. The molecule has 280 valence electrons. The third-order valence-corrected chi connectivity index (χ3v) is 11.9. The maximum atomic E-state index is 5.37. The van der Waals surface area contributed by atoms with Crippen molar-refractivity contribution in [3.8, 4) is 56.3 Å². The first-order valence-electron chi connectivity index (χ1n) is 20.4. The summed E-state index contributed by atoms with van der Waals surface area (Å²) in [5, 5.41) is 5.80. The highest BCUT2D eigenvalue weighted by atomic mass is 15.2. The van der Waals surface area contributed by atoms with E-state index in [4.69, 9.17) is 9.97 Å². The Morgan fingerprint density at radius 1 is 0.267 bits per heavy atom. The molecule has 0 saturated carbocycles. The quantitative estimate of drug-likeness (QED) is 0.169. The van der Waals surface area contributed by atoms with Gasteiger partial charge >= 0.3 is 0 Å². The molecule has 0 spiro atoms. The summed E-state index contributed by atoms with van der Waals surface area (Å²) in [5.41, 5.74) is 15.6. The lowest BCUT2D eigenvalue weighted by molar-refractivity contribution is 1.01. The third kappa shape index (κ3) is 5.53. The Kier molecular flexibility index (Phi) is 7.82. The number of hydrogen-bond donors (Lipinski definition) is 0. The van der Waals surface area contributed by atoms with Crippen LogP contribution in [-0.4, -0.2) is 19.1 Å². The molecule has 4 heteroatoms. The fraction of sp³-hybridized carbons (Fsp3) is 0. The van der Waals surface area contributed by atoms with Crippen LogP contribution in [0.4, 0.5) is 0 Å². The predicted molar refractivity (Wildman–Crippen MR) is 250 cm³/mol. The Bertz CT molecular complexity index is 3570. The van der Waals surface area contributed by atoms with E-state index in [9.17, 15) is 0 Å². The van der Waals surface area contributed by atoms with Crippen LogP contribution < -0.4 is 0 Å². The van der Waals surface area contributed by atoms with Crippen molar-refractivity contribution < 1.29 is 0 Å². The first-order valence-corrected chi connectivity index (χ1v) is 20.4. The second-order valence-electron chi connectivity index (χ2n) is 15.4. The summed E-state index contributed by atoms with van der Waals surface area (Å²) in [5.74, 6) is 0.652. The minimum absolute atomic E-state index is 0.652. The molecule has 0 aliphatic carbocycles. The Hall–Kier alpha value is -8.08. The van der Waals surface area contributed by atoms with Gasteiger partial charge in [0.25, 0.3) is 0 Å². The monoisotopic (exact) mass is 764 g/mol. The van der Waals surface area contributed by atoms with Crippen molar-refractivity contribution in [1.29, 1.82) is 0 Å². The molecule has 0 bridgehead atoms. The lowest BCUT2D eigenvalue weighted by atomic mass is 9.99.